The Morgan fingerprint density at radius 3 is 2.86 bits per heavy atom. The van der Waals surface area contributed by atoms with Gasteiger partial charge in [-0.05, 0) is 0 Å². The molecule has 0 aliphatic carbocycles. The van der Waals surface area contributed by atoms with Crippen molar-refractivity contribution in [1.82, 2.24) is 15.2 Å². The van der Waals surface area contributed by atoms with Crippen LogP contribution in [0.3, 0.4) is 0 Å². The van der Waals surface area contributed by atoms with Crippen LogP contribution < -0.4 is 11.2 Å². The largest absolute Gasteiger partial charge is 0.374 e. The van der Waals surface area contributed by atoms with Crippen molar-refractivity contribution in [3.8, 4) is 0 Å². The minimum absolute atomic E-state index is 0.0891. The van der Waals surface area contributed by atoms with Gasteiger partial charge in [0.25, 0.3) is 5.91 Å². The molecule has 2 rings (SSSR count). The Kier molecular flexibility index (Phi) is 2.52. The number of amides is 1. The van der Waals surface area contributed by atoms with Crippen LogP contribution in [-0.2, 0) is 4.79 Å². The number of thiocarbonyl (C=S) groups is 1. The van der Waals surface area contributed by atoms with Crippen LogP contribution in [0, 0.1) is 0 Å². The van der Waals surface area contributed by atoms with Crippen molar-refractivity contribution in [1.29, 1.82) is 0 Å². The van der Waals surface area contributed by atoms with Gasteiger partial charge in [0.05, 0.1) is 5.75 Å². The molecule has 74 valence electrons. The van der Waals surface area contributed by atoms with Gasteiger partial charge < -0.3 is 5.73 Å². The number of hydrogen-bond acceptors (Lipinski definition) is 8. The van der Waals surface area contributed by atoms with Gasteiger partial charge in [-0.25, -0.2) is 5.01 Å². The van der Waals surface area contributed by atoms with Crippen molar-refractivity contribution in [3.05, 3.63) is 0 Å². The minimum atomic E-state index is -0.0891. The predicted octanol–water partition coefficient (Wildman–Crippen LogP) is 0.307. The van der Waals surface area contributed by atoms with Crippen molar-refractivity contribution in [3.63, 3.8) is 0 Å². The Hall–Kier alpha value is -0.930. The summed E-state index contributed by atoms with van der Waals surface area (Å²) in [5.41, 5.74) is 8.13. The van der Waals surface area contributed by atoms with Crippen molar-refractivity contribution in [2.75, 3.05) is 16.9 Å². The number of carbonyl (C=O) groups excluding carboxylic acids is 1. The molecule has 0 atom stereocenters. The molecule has 1 aliphatic rings. The number of aromatic nitrogens is 2. The highest BCUT2D eigenvalue weighted by atomic mass is 32.2. The molecule has 1 saturated heterocycles. The lowest BCUT2D eigenvalue weighted by Gasteiger charge is -2.13. The molecule has 0 aromatic carbocycles. The van der Waals surface area contributed by atoms with Gasteiger partial charge in [-0.2, -0.15) is 0 Å². The van der Waals surface area contributed by atoms with E-state index in [1.54, 1.807) is 0 Å². The van der Waals surface area contributed by atoms with E-state index in [-0.39, 0.29) is 5.91 Å². The summed E-state index contributed by atoms with van der Waals surface area (Å²) in [5.74, 6) is 0.272. The molecule has 14 heavy (non-hydrogen) atoms. The molecule has 1 fully saturated rings. The van der Waals surface area contributed by atoms with Crippen LogP contribution in [0.15, 0.2) is 0 Å². The molecule has 0 unspecified atom stereocenters. The summed E-state index contributed by atoms with van der Waals surface area (Å²) in [4.78, 5) is 11.3. The number of nitrogens with one attached hydrogen (secondary N) is 1. The van der Waals surface area contributed by atoms with Crippen molar-refractivity contribution in [2.45, 2.75) is 0 Å². The number of nitrogens with two attached hydrogens (primary N) is 1. The molecule has 1 aromatic rings. The maximum atomic E-state index is 11.3. The number of thioether (sulfide) groups is 1. The zero-order chi connectivity index (χ0) is 10.1. The molecule has 1 amide bonds. The van der Waals surface area contributed by atoms with Gasteiger partial charge in [0.15, 0.2) is 4.32 Å². The Morgan fingerprint density at radius 2 is 2.36 bits per heavy atom. The van der Waals surface area contributed by atoms with Gasteiger partial charge in [0.1, 0.15) is 0 Å². The molecule has 6 nitrogen and oxygen atoms in total. The zero-order valence-corrected chi connectivity index (χ0v) is 9.21. The third-order valence-corrected chi connectivity index (χ3v) is 3.41. The lowest BCUT2D eigenvalue weighted by atomic mass is 10.7. The fourth-order valence-corrected chi connectivity index (χ4v) is 2.31. The Labute approximate surface area is 92.8 Å². The highest BCUT2D eigenvalue weighted by molar-refractivity contribution is 8.23. The molecule has 3 N–H and O–H groups in total. The fourth-order valence-electron chi connectivity index (χ4n) is 0.838. The summed E-state index contributed by atoms with van der Waals surface area (Å²) in [6, 6.07) is 0. The number of hydrogen-bond donors (Lipinski definition) is 2. The Bertz CT molecular complexity index is 374. The highest BCUT2D eigenvalue weighted by Crippen LogP contribution is 2.23. The van der Waals surface area contributed by atoms with E-state index >= 15 is 0 Å². The maximum absolute atomic E-state index is 11.3. The van der Waals surface area contributed by atoms with Crippen LogP contribution in [-0.4, -0.2) is 31.2 Å². The molecule has 1 aliphatic heterocycles. The molecule has 9 heteroatoms. The first-order chi connectivity index (χ1) is 6.66. The topological polar surface area (TPSA) is 84.1 Å². The second kappa shape index (κ2) is 3.67. The van der Waals surface area contributed by atoms with Crippen molar-refractivity contribution in [2.24, 2.45) is 0 Å². The highest BCUT2D eigenvalue weighted by Gasteiger charge is 2.27. The Balaban J connectivity index is 2.10. The van der Waals surface area contributed by atoms with E-state index in [4.69, 9.17) is 18.0 Å². The maximum Gasteiger partial charge on any atom is 0.257 e. The molecule has 2 heterocycles. The number of anilines is 2. The lowest BCUT2D eigenvalue weighted by molar-refractivity contribution is -0.123. The summed E-state index contributed by atoms with van der Waals surface area (Å²) < 4.78 is 0.490. The van der Waals surface area contributed by atoms with Gasteiger partial charge in [0.2, 0.25) is 10.3 Å². The van der Waals surface area contributed by atoms with E-state index in [9.17, 15) is 4.79 Å². The van der Waals surface area contributed by atoms with E-state index in [0.29, 0.717) is 20.3 Å². The van der Waals surface area contributed by atoms with Crippen LogP contribution >= 0.6 is 35.3 Å². The third-order valence-electron chi connectivity index (χ3n) is 1.40. The van der Waals surface area contributed by atoms with E-state index in [2.05, 4.69) is 15.6 Å². The first-order valence-corrected chi connectivity index (χ1v) is 5.73. The number of nitrogens with zero attached hydrogens (tertiary/aromatic N) is 3. The SMILES string of the molecule is Nc1nnc(NN2C(=O)CSC2=S)s1. The molecule has 0 radical (unpaired) electrons. The summed E-state index contributed by atoms with van der Waals surface area (Å²) in [6.45, 7) is 0. The van der Waals surface area contributed by atoms with Crippen LogP contribution in [0.25, 0.3) is 0 Å². The van der Waals surface area contributed by atoms with E-state index in [1.807, 2.05) is 0 Å². The van der Waals surface area contributed by atoms with E-state index in [1.165, 1.54) is 16.8 Å². The van der Waals surface area contributed by atoms with Crippen molar-refractivity contribution >= 4 is 55.8 Å². The van der Waals surface area contributed by atoms with E-state index < -0.39 is 0 Å². The average Bonchev–Trinajstić information content (AvgIpc) is 2.67. The van der Waals surface area contributed by atoms with Gasteiger partial charge in [-0.1, -0.05) is 35.3 Å². The van der Waals surface area contributed by atoms with Gasteiger partial charge in [0, 0.05) is 0 Å². The number of rotatable bonds is 2. The molecule has 0 bridgehead atoms. The van der Waals surface area contributed by atoms with E-state index in [0.717, 1.165) is 11.3 Å². The third kappa shape index (κ3) is 1.79. The number of hydrazine groups is 1. The Morgan fingerprint density at radius 1 is 1.57 bits per heavy atom. The zero-order valence-electron chi connectivity index (χ0n) is 6.76. The molecular formula is C5H5N5OS3. The summed E-state index contributed by atoms with van der Waals surface area (Å²) in [5, 5.41) is 9.40. The van der Waals surface area contributed by atoms with Gasteiger partial charge in [-0.15, -0.1) is 10.2 Å². The lowest BCUT2D eigenvalue weighted by Crippen LogP contribution is -2.34. The van der Waals surface area contributed by atoms with Crippen molar-refractivity contribution < 1.29 is 4.79 Å². The second-order valence-corrected chi connectivity index (χ2v) is 4.96. The van der Waals surface area contributed by atoms with Crippen LogP contribution in [0.1, 0.15) is 0 Å². The quantitative estimate of drug-likeness (QED) is 0.727. The average molecular weight is 247 g/mol. The standard InChI is InChI=1S/C5H5N5OS3/c6-3-7-8-4(14-3)9-10-2(11)1-13-5(10)12/h1H2,(H2,6,7)(H,8,9). The molecule has 1 aromatic heterocycles. The van der Waals surface area contributed by atoms with Crippen LogP contribution in [0.5, 0.6) is 0 Å². The minimum Gasteiger partial charge on any atom is -0.374 e. The number of carbonyl (C=O) groups is 1. The smallest absolute Gasteiger partial charge is 0.257 e. The first kappa shape index (κ1) is 9.62. The molecular weight excluding hydrogens is 242 g/mol. The molecule has 0 saturated carbocycles. The van der Waals surface area contributed by atoms with Gasteiger partial charge in [-0.3, -0.25) is 10.2 Å². The van der Waals surface area contributed by atoms with Gasteiger partial charge >= 0.3 is 0 Å². The monoisotopic (exact) mass is 247 g/mol. The van der Waals surface area contributed by atoms with Crippen LogP contribution in [0.2, 0.25) is 0 Å². The van der Waals surface area contributed by atoms with Crippen LogP contribution in [0.4, 0.5) is 10.3 Å². The second-order valence-electron chi connectivity index (χ2n) is 2.34. The summed E-state index contributed by atoms with van der Waals surface area (Å²) in [7, 11) is 0. The fraction of sp³-hybridized carbons (Fsp3) is 0.200. The number of nitrogen functional groups attached to an aromatic ring is 1. The molecule has 0 spiro atoms. The normalized spacial score (nSPS) is 16.4. The summed E-state index contributed by atoms with van der Waals surface area (Å²) in [6.07, 6.45) is 0. The first-order valence-electron chi connectivity index (χ1n) is 3.52. The predicted molar refractivity (Wildman–Crippen MR) is 59.8 cm³/mol. The summed E-state index contributed by atoms with van der Waals surface area (Å²) >= 11 is 7.42.